The predicted molar refractivity (Wildman–Crippen MR) is 113 cm³/mol. The molecule has 0 aliphatic rings. The van der Waals surface area contributed by atoms with Gasteiger partial charge in [-0.2, -0.15) is 0 Å². The first-order valence-corrected chi connectivity index (χ1v) is 10.4. The van der Waals surface area contributed by atoms with E-state index in [9.17, 15) is 4.79 Å². The van der Waals surface area contributed by atoms with Gasteiger partial charge < -0.3 is 14.8 Å². The molecular weight excluding hydrogens is 405 g/mol. The zero-order valence-electron chi connectivity index (χ0n) is 15.6. The number of methoxy groups -OCH3 is 2. The lowest BCUT2D eigenvalue weighted by atomic mass is 10.0. The minimum Gasteiger partial charge on any atom is -0.493 e. The van der Waals surface area contributed by atoms with Gasteiger partial charge in [-0.3, -0.25) is 4.79 Å². The minimum atomic E-state index is -0.0861. The number of nitrogens with one attached hydrogen (secondary N) is 1. The van der Waals surface area contributed by atoms with Crippen LogP contribution in [0.3, 0.4) is 0 Å². The Hall–Kier alpha value is -1.56. The molecule has 0 bridgehead atoms. The number of thioether (sulfide) groups is 1. The highest BCUT2D eigenvalue weighted by Crippen LogP contribution is 2.31. The van der Waals surface area contributed by atoms with E-state index < -0.39 is 0 Å². The first-order chi connectivity index (χ1) is 13.0. The third-order valence-electron chi connectivity index (χ3n) is 4.06. The maximum atomic E-state index is 12.4. The number of hydrogen-bond acceptors (Lipinski definition) is 4. The van der Waals surface area contributed by atoms with Crippen LogP contribution in [0.5, 0.6) is 11.5 Å². The van der Waals surface area contributed by atoms with E-state index in [0.717, 1.165) is 17.5 Å². The first-order valence-electron chi connectivity index (χ1n) is 8.51. The van der Waals surface area contributed by atoms with Gasteiger partial charge in [0.15, 0.2) is 11.5 Å². The van der Waals surface area contributed by atoms with Gasteiger partial charge >= 0.3 is 0 Å². The molecule has 2 aromatic rings. The summed E-state index contributed by atoms with van der Waals surface area (Å²) in [6.07, 6.45) is 0.773. The van der Waals surface area contributed by atoms with Crippen LogP contribution in [0.25, 0.3) is 0 Å². The average Bonchev–Trinajstić information content (AvgIpc) is 2.67. The molecule has 0 fully saturated rings. The van der Waals surface area contributed by atoms with Crippen LogP contribution in [-0.2, 0) is 10.5 Å². The molecule has 4 nitrogen and oxygen atoms in total. The normalized spacial score (nSPS) is 11.7. The fraction of sp³-hybridized carbons (Fsp3) is 0.350. The Morgan fingerprint density at radius 1 is 1.11 bits per heavy atom. The van der Waals surface area contributed by atoms with Gasteiger partial charge in [-0.15, -0.1) is 11.8 Å². The third kappa shape index (κ3) is 6.23. The molecule has 0 spiro atoms. The summed E-state index contributed by atoms with van der Waals surface area (Å²) in [6.45, 7) is 2.03. The molecule has 1 unspecified atom stereocenters. The molecule has 0 heterocycles. The maximum Gasteiger partial charge on any atom is 0.230 e. The Balaban J connectivity index is 1.92. The summed E-state index contributed by atoms with van der Waals surface area (Å²) in [5.41, 5.74) is 1.94. The van der Waals surface area contributed by atoms with E-state index in [2.05, 4.69) is 5.32 Å². The summed E-state index contributed by atoms with van der Waals surface area (Å²) in [6, 6.07) is 11.0. The number of carbonyl (C=O) groups is 1. The number of halogens is 2. The molecule has 0 radical (unpaired) electrons. The van der Waals surface area contributed by atoms with Crippen molar-refractivity contribution < 1.29 is 14.3 Å². The molecule has 2 aromatic carbocycles. The molecule has 146 valence electrons. The summed E-state index contributed by atoms with van der Waals surface area (Å²) in [7, 11) is 3.19. The lowest BCUT2D eigenvalue weighted by Gasteiger charge is -2.19. The van der Waals surface area contributed by atoms with Crippen LogP contribution in [0.1, 0.15) is 30.5 Å². The molecule has 1 amide bonds. The van der Waals surface area contributed by atoms with Crippen LogP contribution in [0.2, 0.25) is 10.0 Å². The van der Waals surface area contributed by atoms with E-state index in [0.29, 0.717) is 33.0 Å². The van der Waals surface area contributed by atoms with Crippen molar-refractivity contribution in [1.82, 2.24) is 5.32 Å². The molecule has 2 rings (SSSR count). The fourth-order valence-electron chi connectivity index (χ4n) is 2.62. The van der Waals surface area contributed by atoms with Gasteiger partial charge in [-0.25, -0.2) is 0 Å². The molecule has 1 N–H and O–H groups in total. The second kappa shape index (κ2) is 10.7. The van der Waals surface area contributed by atoms with E-state index in [1.807, 2.05) is 31.2 Å². The van der Waals surface area contributed by atoms with Crippen LogP contribution >= 0.6 is 35.0 Å². The number of rotatable bonds is 9. The Kier molecular flexibility index (Phi) is 8.61. The quantitative estimate of drug-likeness (QED) is 0.572. The highest BCUT2D eigenvalue weighted by Gasteiger charge is 2.15. The van der Waals surface area contributed by atoms with Gasteiger partial charge in [-0.1, -0.05) is 42.3 Å². The van der Waals surface area contributed by atoms with Crippen molar-refractivity contribution >= 4 is 40.9 Å². The second-order valence-electron chi connectivity index (χ2n) is 5.87. The van der Waals surface area contributed by atoms with Crippen molar-refractivity contribution in [2.75, 3.05) is 20.0 Å². The number of hydrogen-bond donors (Lipinski definition) is 1. The van der Waals surface area contributed by atoms with Crippen LogP contribution in [0.15, 0.2) is 36.4 Å². The maximum absolute atomic E-state index is 12.4. The van der Waals surface area contributed by atoms with E-state index in [1.165, 1.54) is 11.8 Å². The van der Waals surface area contributed by atoms with E-state index >= 15 is 0 Å². The van der Waals surface area contributed by atoms with E-state index in [-0.39, 0.29) is 11.9 Å². The average molecular weight is 428 g/mol. The summed E-state index contributed by atoms with van der Waals surface area (Å²) < 4.78 is 10.6. The van der Waals surface area contributed by atoms with Crippen molar-refractivity contribution in [2.45, 2.75) is 25.1 Å². The Bertz CT molecular complexity index is 786. The van der Waals surface area contributed by atoms with Crippen molar-refractivity contribution in [1.29, 1.82) is 0 Å². The zero-order chi connectivity index (χ0) is 19.8. The SMILES string of the molecule is CCC(NC(=O)CSCc1ccc(Cl)cc1Cl)c1ccc(OC)c(OC)c1. The van der Waals surface area contributed by atoms with Crippen LogP contribution in [0, 0.1) is 0 Å². The summed E-state index contributed by atoms with van der Waals surface area (Å²) >= 11 is 13.6. The first kappa shape index (κ1) is 21.7. The minimum absolute atomic E-state index is 0.0216. The second-order valence-corrected chi connectivity index (χ2v) is 7.70. The van der Waals surface area contributed by atoms with Crippen LogP contribution < -0.4 is 14.8 Å². The molecule has 7 heteroatoms. The Morgan fingerprint density at radius 2 is 1.85 bits per heavy atom. The molecule has 0 aliphatic heterocycles. The lowest BCUT2D eigenvalue weighted by molar-refractivity contribution is -0.119. The molecule has 0 aromatic heterocycles. The van der Waals surface area contributed by atoms with Crippen molar-refractivity contribution in [3.05, 3.63) is 57.6 Å². The molecule has 27 heavy (non-hydrogen) atoms. The number of carbonyl (C=O) groups excluding carboxylic acids is 1. The highest BCUT2D eigenvalue weighted by atomic mass is 35.5. The van der Waals surface area contributed by atoms with Crippen molar-refractivity contribution in [3.63, 3.8) is 0 Å². The summed E-state index contributed by atoms with van der Waals surface area (Å²) in [5.74, 6) is 2.29. The van der Waals surface area contributed by atoms with Gasteiger partial charge in [-0.05, 0) is 41.8 Å². The standard InChI is InChI=1S/C20H23Cl2NO3S/c1-4-17(13-6-8-18(25-2)19(9-13)26-3)23-20(24)12-27-11-14-5-7-15(21)10-16(14)22/h5-10,17H,4,11-12H2,1-3H3,(H,23,24). The zero-order valence-corrected chi connectivity index (χ0v) is 17.9. The summed E-state index contributed by atoms with van der Waals surface area (Å²) in [5, 5.41) is 4.29. The summed E-state index contributed by atoms with van der Waals surface area (Å²) in [4.78, 5) is 12.4. The molecule has 0 saturated carbocycles. The van der Waals surface area contributed by atoms with Gasteiger partial charge in [0, 0.05) is 15.8 Å². The smallest absolute Gasteiger partial charge is 0.230 e. The lowest BCUT2D eigenvalue weighted by Crippen LogP contribution is -2.29. The van der Waals surface area contributed by atoms with Gasteiger partial charge in [0.25, 0.3) is 0 Å². The number of benzene rings is 2. The Morgan fingerprint density at radius 3 is 2.48 bits per heavy atom. The van der Waals surface area contributed by atoms with E-state index in [1.54, 1.807) is 26.4 Å². The van der Waals surface area contributed by atoms with Crippen LogP contribution in [-0.4, -0.2) is 25.9 Å². The molecule has 1 atom stereocenters. The monoisotopic (exact) mass is 427 g/mol. The van der Waals surface area contributed by atoms with Gasteiger partial charge in [0.05, 0.1) is 26.0 Å². The van der Waals surface area contributed by atoms with E-state index in [4.69, 9.17) is 32.7 Å². The third-order valence-corrected chi connectivity index (χ3v) is 5.63. The van der Waals surface area contributed by atoms with Gasteiger partial charge in [0.1, 0.15) is 0 Å². The number of ether oxygens (including phenoxy) is 2. The predicted octanol–water partition coefficient (Wildman–Crippen LogP) is 5.51. The Labute approximate surface area is 174 Å². The highest BCUT2D eigenvalue weighted by molar-refractivity contribution is 7.99. The molecule has 0 saturated heterocycles. The van der Waals surface area contributed by atoms with Crippen molar-refractivity contribution in [3.8, 4) is 11.5 Å². The van der Waals surface area contributed by atoms with Crippen LogP contribution in [0.4, 0.5) is 0 Å². The topological polar surface area (TPSA) is 47.6 Å². The number of amides is 1. The fourth-order valence-corrected chi connectivity index (χ4v) is 4.02. The van der Waals surface area contributed by atoms with Gasteiger partial charge in [0.2, 0.25) is 5.91 Å². The molecule has 0 aliphatic carbocycles. The molecular formula is C20H23Cl2NO3S. The van der Waals surface area contributed by atoms with Crippen molar-refractivity contribution in [2.24, 2.45) is 0 Å². The largest absolute Gasteiger partial charge is 0.493 e.